The molecule has 5 nitrogen and oxygen atoms in total. The van der Waals surface area contributed by atoms with E-state index in [4.69, 9.17) is 10.3 Å². The molecule has 0 aliphatic heterocycles. The van der Waals surface area contributed by atoms with Crippen LogP contribution in [0.4, 0.5) is 5.82 Å². The van der Waals surface area contributed by atoms with E-state index >= 15 is 0 Å². The molecule has 0 saturated carbocycles. The topological polar surface area (TPSA) is 84.9 Å². The smallest absolute Gasteiger partial charge is 0.248 e. The monoisotopic (exact) mass is 331 g/mol. The van der Waals surface area contributed by atoms with Crippen LogP contribution in [-0.2, 0) is 0 Å². The Morgan fingerprint density at radius 3 is 2.70 bits per heavy atom. The SMILES string of the molecule is Nc1noc(-c2cccc(=O)[nH]2)c1-c1ccccc1Br. The molecule has 3 aromatic rings. The van der Waals surface area contributed by atoms with Crippen molar-refractivity contribution in [1.29, 1.82) is 0 Å². The van der Waals surface area contributed by atoms with Crippen LogP contribution < -0.4 is 11.3 Å². The number of aromatic nitrogens is 2. The predicted molar refractivity (Wildman–Crippen MR) is 80.1 cm³/mol. The maximum Gasteiger partial charge on any atom is 0.248 e. The summed E-state index contributed by atoms with van der Waals surface area (Å²) < 4.78 is 6.15. The van der Waals surface area contributed by atoms with Crippen molar-refractivity contribution in [2.24, 2.45) is 0 Å². The average molecular weight is 332 g/mol. The molecule has 0 saturated heterocycles. The Labute approximate surface area is 122 Å². The van der Waals surface area contributed by atoms with E-state index in [9.17, 15) is 4.79 Å². The van der Waals surface area contributed by atoms with Gasteiger partial charge >= 0.3 is 0 Å². The van der Waals surface area contributed by atoms with E-state index in [0.29, 0.717) is 17.0 Å². The standard InChI is InChI=1S/C14H10BrN3O2/c15-9-5-2-1-4-8(9)12-13(20-18-14(12)16)10-6-3-7-11(19)17-10/h1-7H,(H2,16,18)(H,17,19). The lowest BCUT2D eigenvalue weighted by atomic mass is 10.0. The highest BCUT2D eigenvalue weighted by Crippen LogP contribution is 2.38. The van der Waals surface area contributed by atoms with Gasteiger partial charge in [0.2, 0.25) is 5.56 Å². The van der Waals surface area contributed by atoms with Crippen molar-refractivity contribution in [1.82, 2.24) is 10.1 Å². The number of nitrogens with zero attached hydrogens (tertiary/aromatic N) is 1. The second kappa shape index (κ2) is 4.97. The van der Waals surface area contributed by atoms with Gasteiger partial charge in [-0.1, -0.05) is 45.4 Å². The van der Waals surface area contributed by atoms with Crippen molar-refractivity contribution in [3.63, 3.8) is 0 Å². The molecule has 2 heterocycles. The Balaban J connectivity index is 2.26. The van der Waals surface area contributed by atoms with Gasteiger partial charge in [-0.25, -0.2) is 0 Å². The zero-order valence-electron chi connectivity index (χ0n) is 10.3. The number of hydrogen-bond donors (Lipinski definition) is 2. The Bertz CT molecular complexity index is 823. The lowest BCUT2D eigenvalue weighted by Gasteiger charge is -2.04. The van der Waals surface area contributed by atoms with E-state index in [1.54, 1.807) is 12.1 Å². The first-order valence-corrected chi connectivity index (χ1v) is 6.66. The van der Waals surface area contributed by atoms with Crippen LogP contribution in [0.15, 0.2) is 56.3 Å². The molecule has 0 spiro atoms. The number of hydrogen-bond acceptors (Lipinski definition) is 4. The van der Waals surface area contributed by atoms with Crippen molar-refractivity contribution in [2.45, 2.75) is 0 Å². The van der Waals surface area contributed by atoms with E-state index in [1.165, 1.54) is 6.07 Å². The minimum Gasteiger partial charge on any atom is -0.380 e. The van der Waals surface area contributed by atoms with Crippen molar-refractivity contribution in [2.75, 3.05) is 5.73 Å². The largest absolute Gasteiger partial charge is 0.380 e. The van der Waals surface area contributed by atoms with Crippen LogP contribution in [0.1, 0.15) is 0 Å². The van der Waals surface area contributed by atoms with Crippen LogP contribution in [0, 0.1) is 0 Å². The van der Waals surface area contributed by atoms with Crippen LogP contribution >= 0.6 is 15.9 Å². The van der Waals surface area contributed by atoms with Crippen LogP contribution in [-0.4, -0.2) is 10.1 Å². The molecular formula is C14H10BrN3O2. The Hall–Kier alpha value is -2.34. The third-order valence-corrected chi connectivity index (χ3v) is 3.57. The van der Waals surface area contributed by atoms with Crippen molar-refractivity contribution < 1.29 is 4.52 Å². The Kier molecular flexibility index (Phi) is 3.15. The van der Waals surface area contributed by atoms with Crippen LogP contribution in [0.2, 0.25) is 0 Å². The molecule has 0 atom stereocenters. The third-order valence-electron chi connectivity index (χ3n) is 2.87. The quantitative estimate of drug-likeness (QED) is 0.755. The molecule has 2 aromatic heterocycles. The summed E-state index contributed by atoms with van der Waals surface area (Å²) in [5.41, 5.74) is 7.73. The molecule has 3 N–H and O–H groups in total. The number of pyridine rings is 1. The van der Waals surface area contributed by atoms with E-state index in [-0.39, 0.29) is 11.4 Å². The van der Waals surface area contributed by atoms with Gasteiger partial charge in [0.15, 0.2) is 11.6 Å². The van der Waals surface area contributed by atoms with Crippen molar-refractivity contribution in [3.8, 4) is 22.6 Å². The first kappa shape index (κ1) is 12.7. The highest BCUT2D eigenvalue weighted by Gasteiger charge is 2.19. The fourth-order valence-corrected chi connectivity index (χ4v) is 2.47. The van der Waals surface area contributed by atoms with E-state index in [1.807, 2.05) is 24.3 Å². The summed E-state index contributed by atoms with van der Waals surface area (Å²) in [6, 6.07) is 12.4. The summed E-state index contributed by atoms with van der Waals surface area (Å²) >= 11 is 3.48. The Morgan fingerprint density at radius 1 is 1.15 bits per heavy atom. The second-order valence-corrected chi connectivity index (χ2v) is 5.03. The molecule has 20 heavy (non-hydrogen) atoms. The number of rotatable bonds is 2. The van der Waals surface area contributed by atoms with E-state index < -0.39 is 0 Å². The molecule has 0 fully saturated rings. The Morgan fingerprint density at radius 2 is 1.95 bits per heavy atom. The van der Waals surface area contributed by atoms with Crippen LogP contribution in [0.5, 0.6) is 0 Å². The number of H-pyrrole nitrogens is 1. The van der Waals surface area contributed by atoms with Gasteiger partial charge in [0, 0.05) is 16.1 Å². The highest BCUT2D eigenvalue weighted by molar-refractivity contribution is 9.10. The van der Waals surface area contributed by atoms with Gasteiger partial charge in [0.25, 0.3) is 0 Å². The van der Waals surface area contributed by atoms with Gasteiger partial charge in [0.1, 0.15) is 0 Å². The highest BCUT2D eigenvalue weighted by atomic mass is 79.9. The molecule has 0 aliphatic rings. The number of anilines is 1. The molecule has 0 radical (unpaired) electrons. The number of benzene rings is 1. The second-order valence-electron chi connectivity index (χ2n) is 4.18. The van der Waals surface area contributed by atoms with Gasteiger partial charge in [-0.15, -0.1) is 0 Å². The van der Waals surface area contributed by atoms with Gasteiger partial charge < -0.3 is 15.2 Å². The molecule has 0 unspecified atom stereocenters. The molecule has 3 rings (SSSR count). The minimum atomic E-state index is -0.212. The normalized spacial score (nSPS) is 10.7. The fourth-order valence-electron chi connectivity index (χ4n) is 1.99. The van der Waals surface area contributed by atoms with Gasteiger partial charge in [0.05, 0.1) is 11.3 Å². The van der Waals surface area contributed by atoms with Crippen molar-refractivity contribution in [3.05, 3.63) is 57.3 Å². The van der Waals surface area contributed by atoms with E-state index in [0.717, 1.165) is 10.0 Å². The maximum atomic E-state index is 11.4. The summed E-state index contributed by atoms with van der Waals surface area (Å²) in [5.74, 6) is 0.712. The third kappa shape index (κ3) is 2.14. The molecule has 0 aliphatic carbocycles. The number of halogens is 1. The lowest BCUT2D eigenvalue weighted by molar-refractivity contribution is 0.434. The molecule has 100 valence electrons. The maximum absolute atomic E-state index is 11.4. The van der Waals surface area contributed by atoms with Crippen molar-refractivity contribution >= 4 is 21.7 Å². The number of nitrogens with two attached hydrogens (primary N) is 1. The van der Waals surface area contributed by atoms with Gasteiger partial charge in [-0.2, -0.15) is 0 Å². The predicted octanol–water partition coefficient (Wildman–Crippen LogP) is 3.04. The zero-order chi connectivity index (χ0) is 14.1. The van der Waals surface area contributed by atoms with E-state index in [2.05, 4.69) is 26.1 Å². The summed E-state index contributed by atoms with van der Waals surface area (Å²) in [6.45, 7) is 0. The average Bonchev–Trinajstić information content (AvgIpc) is 2.81. The summed E-state index contributed by atoms with van der Waals surface area (Å²) in [7, 11) is 0. The van der Waals surface area contributed by atoms with Gasteiger partial charge in [-0.3, -0.25) is 4.79 Å². The summed E-state index contributed by atoms with van der Waals surface area (Å²) in [5, 5.41) is 3.80. The first-order valence-electron chi connectivity index (χ1n) is 5.86. The lowest BCUT2D eigenvalue weighted by Crippen LogP contribution is -2.03. The molecule has 6 heteroatoms. The number of aromatic amines is 1. The zero-order valence-corrected chi connectivity index (χ0v) is 11.8. The molecular weight excluding hydrogens is 322 g/mol. The van der Waals surface area contributed by atoms with Crippen LogP contribution in [0.25, 0.3) is 22.6 Å². The molecule has 0 bridgehead atoms. The minimum absolute atomic E-state index is 0.212. The molecule has 1 aromatic carbocycles. The van der Waals surface area contributed by atoms with Crippen LogP contribution in [0.3, 0.4) is 0 Å². The summed E-state index contributed by atoms with van der Waals surface area (Å²) in [4.78, 5) is 14.1. The first-order chi connectivity index (χ1) is 9.66. The summed E-state index contributed by atoms with van der Waals surface area (Å²) in [6.07, 6.45) is 0. The number of nitrogens with one attached hydrogen (secondary N) is 1. The molecule has 0 amide bonds. The fraction of sp³-hybridized carbons (Fsp3) is 0. The van der Waals surface area contributed by atoms with Gasteiger partial charge in [-0.05, 0) is 12.1 Å². The number of nitrogen functional groups attached to an aromatic ring is 1.